The number of amides is 2. The van der Waals surface area contributed by atoms with E-state index in [1.807, 2.05) is 6.07 Å². The van der Waals surface area contributed by atoms with Gasteiger partial charge in [-0.05, 0) is 86.3 Å². The average Bonchev–Trinajstić information content (AvgIpc) is 3.61. The molecular weight excluding hydrogens is 531 g/mol. The molecule has 3 aromatic rings. The van der Waals surface area contributed by atoms with E-state index in [9.17, 15) is 31.2 Å². The van der Waals surface area contributed by atoms with E-state index in [0.717, 1.165) is 25.0 Å². The first-order valence-electron chi connectivity index (χ1n) is 12.5. The lowest BCUT2D eigenvalue weighted by atomic mass is 10.1. The highest BCUT2D eigenvalue weighted by Gasteiger charge is 2.40. The molecule has 0 bridgehead atoms. The molecule has 0 spiro atoms. The number of carbonyl (C=O) groups is 2. The zero-order valence-corrected chi connectivity index (χ0v) is 21.6. The summed E-state index contributed by atoms with van der Waals surface area (Å²) < 4.78 is 67.0. The van der Waals surface area contributed by atoms with Crippen LogP contribution in [0.4, 0.5) is 24.5 Å². The fraction of sp³-hybridized carbons (Fsp3) is 0.286. The van der Waals surface area contributed by atoms with Crippen molar-refractivity contribution in [2.24, 2.45) is 0 Å². The van der Waals surface area contributed by atoms with Crippen LogP contribution in [0.2, 0.25) is 0 Å². The van der Waals surface area contributed by atoms with Crippen molar-refractivity contribution >= 4 is 33.2 Å². The number of alkyl halides is 3. The van der Waals surface area contributed by atoms with Crippen molar-refractivity contribution in [2.45, 2.75) is 48.8 Å². The van der Waals surface area contributed by atoms with E-state index in [1.165, 1.54) is 45.6 Å². The number of carbonyl (C=O) groups excluding carboxylic acids is 2. The van der Waals surface area contributed by atoms with E-state index < -0.39 is 39.6 Å². The molecule has 3 aromatic carbocycles. The highest BCUT2D eigenvalue weighted by molar-refractivity contribution is 7.89. The molecule has 7 nitrogen and oxygen atoms in total. The normalized spacial score (nSPS) is 18.1. The van der Waals surface area contributed by atoms with Gasteiger partial charge in [0.25, 0.3) is 5.91 Å². The molecule has 0 unspecified atom stereocenters. The molecule has 1 atom stereocenters. The third kappa shape index (κ3) is 5.69. The molecule has 2 fully saturated rings. The zero-order chi connectivity index (χ0) is 27.8. The van der Waals surface area contributed by atoms with E-state index in [1.54, 1.807) is 24.3 Å². The third-order valence-corrected chi connectivity index (χ3v) is 8.78. The van der Waals surface area contributed by atoms with Gasteiger partial charge in [-0.3, -0.25) is 9.59 Å². The summed E-state index contributed by atoms with van der Waals surface area (Å²) in [5, 5.41) is 2.76. The minimum absolute atomic E-state index is 0.0500. The van der Waals surface area contributed by atoms with Crippen LogP contribution in [0.1, 0.15) is 41.6 Å². The maximum atomic E-state index is 13.4. The molecule has 11 heteroatoms. The van der Waals surface area contributed by atoms with Crippen LogP contribution >= 0.6 is 0 Å². The molecule has 1 saturated heterocycles. The Labute approximate surface area is 224 Å². The lowest BCUT2D eigenvalue weighted by molar-refractivity contribution is -0.137. The number of rotatable bonds is 7. The Kier molecular flexibility index (Phi) is 7.21. The van der Waals surface area contributed by atoms with Gasteiger partial charge in [-0.25, -0.2) is 8.42 Å². The summed E-state index contributed by atoms with van der Waals surface area (Å²) >= 11 is 0. The Bertz CT molecular complexity index is 1460. The molecule has 39 heavy (non-hydrogen) atoms. The summed E-state index contributed by atoms with van der Waals surface area (Å²) in [6.45, 7) is 0.194. The SMILES string of the molecule is O=C(Nc1ccccc1)[C@@H]1CCCN1S(=O)(=O)c1ccc(C(=O)N(c2ccc(C(F)(F)F)cc2)C2CC2)cc1. The third-order valence-electron chi connectivity index (χ3n) is 6.86. The molecule has 1 saturated carbocycles. The van der Waals surface area contributed by atoms with Crippen LogP contribution in [0.3, 0.4) is 0 Å². The summed E-state index contributed by atoms with van der Waals surface area (Å²) in [6.07, 6.45) is -2.11. The van der Waals surface area contributed by atoms with Gasteiger partial charge >= 0.3 is 6.18 Å². The van der Waals surface area contributed by atoms with Crippen molar-refractivity contribution in [3.05, 3.63) is 90.0 Å². The number of sulfonamides is 1. The highest BCUT2D eigenvalue weighted by atomic mass is 32.2. The second-order valence-electron chi connectivity index (χ2n) is 9.60. The summed E-state index contributed by atoms with van der Waals surface area (Å²) in [4.78, 5) is 27.6. The van der Waals surface area contributed by atoms with Crippen LogP contribution < -0.4 is 10.2 Å². The minimum atomic E-state index is -4.48. The van der Waals surface area contributed by atoms with Gasteiger partial charge in [-0.1, -0.05) is 18.2 Å². The van der Waals surface area contributed by atoms with E-state index in [4.69, 9.17) is 0 Å². The smallest absolute Gasteiger partial charge is 0.325 e. The minimum Gasteiger partial charge on any atom is -0.325 e. The van der Waals surface area contributed by atoms with Gasteiger partial charge in [0.15, 0.2) is 0 Å². The lowest BCUT2D eigenvalue weighted by Gasteiger charge is -2.24. The number of halogens is 3. The highest BCUT2D eigenvalue weighted by Crippen LogP contribution is 2.36. The van der Waals surface area contributed by atoms with Gasteiger partial charge in [-0.15, -0.1) is 0 Å². The van der Waals surface area contributed by atoms with E-state index >= 15 is 0 Å². The van der Waals surface area contributed by atoms with Crippen LogP contribution in [0.15, 0.2) is 83.8 Å². The summed E-state index contributed by atoms with van der Waals surface area (Å²) in [5.74, 6) is -0.840. The van der Waals surface area contributed by atoms with Crippen LogP contribution in [0, 0.1) is 0 Å². The first-order valence-corrected chi connectivity index (χ1v) is 14.0. The standard InChI is InChI=1S/C28H26F3N3O4S/c29-28(30,31)20-10-12-22(13-11-20)34(23-14-15-23)27(36)19-8-16-24(17-9-19)39(37,38)33-18-4-7-25(33)26(35)32-21-5-2-1-3-6-21/h1-3,5-6,8-13,16-17,23,25H,4,7,14-15,18H2,(H,32,35)/t25-/m0/s1. The first kappa shape index (κ1) is 26.9. The summed E-state index contributed by atoms with van der Waals surface area (Å²) in [5.41, 5.74) is 0.321. The Hall–Kier alpha value is -3.70. The largest absolute Gasteiger partial charge is 0.416 e. The zero-order valence-electron chi connectivity index (χ0n) is 20.8. The molecule has 1 aliphatic carbocycles. The average molecular weight is 558 g/mol. The van der Waals surface area contributed by atoms with Crippen LogP contribution in [0.25, 0.3) is 0 Å². The number of hydrogen-bond acceptors (Lipinski definition) is 4. The van der Waals surface area contributed by atoms with Crippen LogP contribution in [0.5, 0.6) is 0 Å². The molecular formula is C28H26F3N3O4S. The number of hydrogen-bond donors (Lipinski definition) is 1. The number of para-hydroxylation sites is 1. The summed E-state index contributed by atoms with van der Waals surface area (Å²) in [6, 6.07) is 17.6. The number of benzene rings is 3. The van der Waals surface area contributed by atoms with Gasteiger partial charge < -0.3 is 10.2 Å². The van der Waals surface area contributed by atoms with E-state index in [-0.39, 0.29) is 23.0 Å². The van der Waals surface area contributed by atoms with E-state index in [0.29, 0.717) is 24.2 Å². The van der Waals surface area contributed by atoms with Crippen LogP contribution in [-0.2, 0) is 21.0 Å². The number of nitrogens with one attached hydrogen (secondary N) is 1. The monoisotopic (exact) mass is 557 g/mol. The van der Waals surface area contributed by atoms with Crippen molar-refractivity contribution in [3.63, 3.8) is 0 Å². The Morgan fingerprint density at radius 3 is 2.10 bits per heavy atom. The molecule has 2 aliphatic rings. The molecule has 204 valence electrons. The first-order chi connectivity index (χ1) is 18.6. The van der Waals surface area contributed by atoms with Gasteiger partial charge in [-0.2, -0.15) is 17.5 Å². The quantitative estimate of drug-likeness (QED) is 0.427. The summed E-state index contributed by atoms with van der Waals surface area (Å²) in [7, 11) is -4.02. The molecule has 5 rings (SSSR count). The van der Waals surface area contributed by atoms with Gasteiger partial charge in [0.1, 0.15) is 6.04 Å². The van der Waals surface area contributed by atoms with E-state index in [2.05, 4.69) is 5.32 Å². The Morgan fingerprint density at radius 2 is 1.51 bits per heavy atom. The molecule has 1 aliphatic heterocycles. The van der Waals surface area contributed by atoms with Gasteiger partial charge in [0, 0.05) is 29.5 Å². The Morgan fingerprint density at radius 1 is 0.872 bits per heavy atom. The fourth-order valence-electron chi connectivity index (χ4n) is 4.72. The molecule has 0 aromatic heterocycles. The molecule has 1 N–H and O–H groups in total. The second kappa shape index (κ2) is 10.5. The molecule has 0 radical (unpaired) electrons. The van der Waals surface area contributed by atoms with Crippen molar-refractivity contribution in [2.75, 3.05) is 16.8 Å². The topological polar surface area (TPSA) is 86.8 Å². The van der Waals surface area contributed by atoms with Crippen molar-refractivity contribution in [3.8, 4) is 0 Å². The fourth-order valence-corrected chi connectivity index (χ4v) is 6.37. The second-order valence-corrected chi connectivity index (χ2v) is 11.5. The maximum Gasteiger partial charge on any atom is 0.416 e. The van der Waals surface area contributed by atoms with Crippen molar-refractivity contribution in [1.82, 2.24) is 4.31 Å². The molecule has 1 heterocycles. The predicted octanol–water partition coefficient (Wildman–Crippen LogP) is 5.31. The predicted molar refractivity (Wildman–Crippen MR) is 140 cm³/mol. The Balaban J connectivity index is 1.33. The number of anilines is 2. The maximum absolute atomic E-state index is 13.4. The number of nitrogens with zero attached hydrogens (tertiary/aromatic N) is 2. The van der Waals surface area contributed by atoms with Gasteiger partial charge in [0.05, 0.1) is 10.5 Å². The van der Waals surface area contributed by atoms with Gasteiger partial charge in [0.2, 0.25) is 15.9 Å². The lowest BCUT2D eigenvalue weighted by Crippen LogP contribution is -2.43. The van der Waals surface area contributed by atoms with Crippen LogP contribution in [-0.4, -0.2) is 43.2 Å². The van der Waals surface area contributed by atoms with Crippen molar-refractivity contribution in [1.29, 1.82) is 0 Å². The van der Waals surface area contributed by atoms with Crippen molar-refractivity contribution < 1.29 is 31.2 Å². The molecule has 2 amide bonds.